The molecule has 0 radical (unpaired) electrons. The molecule has 0 bridgehead atoms. The van der Waals surface area contributed by atoms with Gasteiger partial charge in [-0.25, -0.2) is 0 Å². The van der Waals surface area contributed by atoms with Crippen LogP contribution in [0.1, 0.15) is 11.1 Å². The molecule has 4 rings (SSSR count). The lowest BCUT2D eigenvalue weighted by molar-refractivity contribution is -0.333. The highest BCUT2D eigenvalue weighted by atomic mass is 16.7. The molecule has 11 nitrogen and oxygen atoms in total. The van der Waals surface area contributed by atoms with Gasteiger partial charge in [0.25, 0.3) is 0 Å². The predicted octanol–water partition coefficient (Wildman–Crippen LogP) is -1.80. The van der Waals surface area contributed by atoms with Gasteiger partial charge in [0.15, 0.2) is 6.29 Å². The minimum atomic E-state index is -1.65. The van der Waals surface area contributed by atoms with E-state index in [1.807, 2.05) is 60.7 Å². The normalized spacial score (nSPS) is 36.4. The van der Waals surface area contributed by atoms with Crippen LogP contribution in [0.15, 0.2) is 60.7 Å². The molecule has 2 aliphatic heterocycles. The van der Waals surface area contributed by atoms with Gasteiger partial charge in [-0.05, 0) is 11.1 Å². The molecule has 204 valence electrons. The van der Waals surface area contributed by atoms with Crippen LogP contribution >= 0.6 is 0 Å². The molecule has 10 atom stereocenters. The van der Waals surface area contributed by atoms with Crippen LogP contribution in [0.25, 0.3) is 0 Å². The third-order valence-corrected chi connectivity index (χ3v) is 6.77. The van der Waals surface area contributed by atoms with Crippen molar-refractivity contribution in [2.24, 2.45) is 0 Å². The second-order valence-electron chi connectivity index (χ2n) is 9.33. The zero-order valence-corrected chi connectivity index (χ0v) is 20.3. The maximum absolute atomic E-state index is 11.1. The lowest BCUT2D eigenvalue weighted by Gasteiger charge is -2.48. The summed E-state index contributed by atoms with van der Waals surface area (Å²) in [5.74, 6) is 0. The lowest BCUT2D eigenvalue weighted by Crippen LogP contribution is -2.69. The number of aliphatic hydroxyl groups excluding tert-OH is 6. The topological polar surface area (TPSA) is 173 Å². The first kappa shape index (κ1) is 28.0. The number of aliphatic hydroxyl groups is 6. The van der Waals surface area contributed by atoms with E-state index in [9.17, 15) is 30.6 Å². The van der Waals surface area contributed by atoms with Gasteiger partial charge in [-0.2, -0.15) is 0 Å². The molecule has 0 unspecified atom stereocenters. The third kappa shape index (κ3) is 6.72. The van der Waals surface area contributed by atoms with E-state index in [1.165, 1.54) is 0 Å². The van der Waals surface area contributed by atoms with Crippen LogP contribution in [0, 0.1) is 0 Å². The zero-order valence-electron chi connectivity index (χ0n) is 20.3. The Hall–Kier alpha value is -2.00. The van der Waals surface area contributed by atoms with Gasteiger partial charge in [-0.3, -0.25) is 5.32 Å². The number of hydrogen-bond donors (Lipinski definition) is 8. The van der Waals surface area contributed by atoms with E-state index in [0.717, 1.165) is 11.1 Å². The molecule has 0 saturated carbocycles. The maximum Gasteiger partial charge on any atom is 0.187 e. The Labute approximate surface area is 215 Å². The van der Waals surface area contributed by atoms with Crippen molar-refractivity contribution >= 4 is 0 Å². The van der Waals surface area contributed by atoms with Crippen molar-refractivity contribution < 1.29 is 44.8 Å². The second-order valence-corrected chi connectivity index (χ2v) is 9.33. The highest BCUT2D eigenvalue weighted by molar-refractivity contribution is 5.16. The molecule has 0 aromatic heterocycles. The Balaban J connectivity index is 1.57. The summed E-state index contributed by atoms with van der Waals surface area (Å²) in [6.07, 6.45) is -11.6. The van der Waals surface area contributed by atoms with Crippen LogP contribution in [0.5, 0.6) is 0 Å². The van der Waals surface area contributed by atoms with Crippen molar-refractivity contribution in [2.45, 2.75) is 74.4 Å². The summed E-state index contributed by atoms with van der Waals surface area (Å²) in [4.78, 5) is 0. The third-order valence-electron chi connectivity index (χ3n) is 6.77. The van der Waals surface area contributed by atoms with Crippen LogP contribution in [-0.2, 0) is 27.3 Å². The van der Waals surface area contributed by atoms with Gasteiger partial charge in [-0.15, -0.1) is 0 Å². The van der Waals surface area contributed by atoms with Crippen molar-refractivity contribution in [3.05, 3.63) is 71.8 Å². The van der Waals surface area contributed by atoms with Crippen molar-refractivity contribution in [3.8, 4) is 0 Å². The number of ether oxygens (including phenoxy) is 3. The summed E-state index contributed by atoms with van der Waals surface area (Å²) in [5.41, 5.74) is 1.96. The van der Waals surface area contributed by atoms with Gasteiger partial charge in [-0.1, -0.05) is 60.7 Å². The SMILES string of the molecule is OC[C@H]1O[C@H](O[C@H]2[C@H](O)[C@@H](CO)O[C@H](NCc3ccccc3)[C@@H]2NCc2ccccc2)[C@H](O)[C@@H](O)[C@@H]1O. The summed E-state index contributed by atoms with van der Waals surface area (Å²) in [5, 5.41) is 68.1. The second kappa shape index (κ2) is 13.2. The van der Waals surface area contributed by atoms with E-state index in [-0.39, 0.29) is 0 Å². The summed E-state index contributed by atoms with van der Waals surface area (Å²) < 4.78 is 17.6. The van der Waals surface area contributed by atoms with Crippen LogP contribution in [0.4, 0.5) is 0 Å². The Morgan fingerprint density at radius 3 is 1.76 bits per heavy atom. The average Bonchev–Trinajstić information content (AvgIpc) is 2.93. The predicted molar refractivity (Wildman–Crippen MR) is 131 cm³/mol. The van der Waals surface area contributed by atoms with E-state index in [1.54, 1.807) is 0 Å². The quantitative estimate of drug-likeness (QED) is 0.178. The lowest BCUT2D eigenvalue weighted by atomic mass is 9.94. The Bertz CT molecular complexity index is 938. The molecular formula is C26H36N2O9. The van der Waals surface area contributed by atoms with Crippen LogP contribution in [0.3, 0.4) is 0 Å². The Morgan fingerprint density at radius 1 is 0.649 bits per heavy atom. The molecule has 8 N–H and O–H groups in total. The summed E-state index contributed by atoms with van der Waals surface area (Å²) in [7, 11) is 0. The Morgan fingerprint density at radius 2 is 1.19 bits per heavy atom. The fourth-order valence-electron chi connectivity index (χ4n) is 4.64. The van der Waals surface area contributed by atoms with E-state index >= 15 is 0 Å². The highest BCUT2D eigenvalue weighted by Gasteiger charge is 2.50. The molecule has 2 aromatic carbocycles. The van der Waals surface area contributed by atoms with Crippen molar-refractivity contribution in [3.63, 3.8) is 0 Å². The first-order valence-electron chi connectivity index (χ1n) is 12.4. The fraction of sp³-hybridized carbons (Fsp3) is 0.538. The summed E-state index contributed by atoms with van der Waals surface area (Å²) in [6.45, 7) is -0.290. The number of nitrogens with one attached hydrogen (secondary N) is 2. The van der Waals surface area contributed by atoms with Gasteiger partial charge in [0.1, 0.15) is 49.0 Å². The van der Waals surface area contributed by atoms with E-state index < -0.39 is 74.5 Å². The van der Waals surface area contributed by atoms with Crippen LogP contribution in [0.2, 0.25) is 0 Å². The number of hydrogen-bond acceptors (Lipinski definition) is 11. The van der Waals surface area contributed by atoms with Gasteiger partial charge < -0.3 is 50.2 Å². The minimum Gasteiger partial charge on any atom is -0.394 e. The van der Waals surface area contributed by atoms with Gasteiger partial charge in [0, 0.05) is 13.1 Å². The first-order chi connectivity index (χ1) is 17.9. The van der Waals surface area contributed by atoms with Crippen molar-refractivity contribution in [1.82, 2.24) is 10.6 Å². The summed E-state index contributed by atoms with van der Waals surface area (Å²) in [6, 6.07) is 18.5. The van der Waals surface area contributed by atoms with E-state index in [0.29, 0.717) is 13.1 Å². The Kier molecular flexibility index (Phi) is 9.98. The molecule has 37 heavy (non-hydrogen) atoms. The van der Waals surface area contributed by atoms with Gasteiger partial charge in [0.05, 0.1) is 19.3 Å². The molecule has 11 heteroatoms. The largest absolute Gasteiger partial charge is 0.394 e. The van der Waals surface area contributed by atoms with Crippen LogP contribution in [-0.4, -0.2) is 105 Å². The van der Waals surface area contributed by atoms with Crippen LogP contribution < -0.4 is 10.6 Å². The number of benzene rings is 2. The standard InChI is InChI=1S/C26H36N2O9/c29-13-17-20(31)22(33)23(34)26(36-17)37-24-19(27-11-15-7-3-1-4-8-15)25(35-18(14-30)21(24)32)28-12-16-9-5-2-6-10-16/h1-10,17-34H,11-14H2/t17-,18-,19-,20-,21-,22+,23-,24-,25+,26-/m1/s1. The van der Waals surface area contributed by atoms with Crippen molar-refractivity contribution in [1.29, 1.82) is 0 Å². The first-order valence-corrected chi connectivity index (χ1v) is 12.4. The fourth-order valence-corrected chi connectivity index (χ4v) is 4.64. The average molecular weight is 521 g/mol. The molecule has 2 aliphatic rings. The smallest absolute Gasteiger partial charge is 0.187 e. The summed E-state index contributed by atoms with van der Waals surface area (Å²) >= 11 is 0. The number of rotatable bonds is 10. The maximum atomic E-state index is 11.1. The minimum absolute atomic E-state index is 0.392. The van der Waals surface area contributed by atoms with Gasteiger partial charge in [0.2, 0.25) is 0 Å². The molecule has 2 fully saturated rings. The molecule has 2 heterocycles. The molecule has 0 aliphatic carbocycles. The molecule has 0 spiro atoms. The molecular weight excluding hydrogens is 484 g/mol. The van der Waals surface area contributed by atoms with Gasteiger partial charge >= 0.3 is 0 Å². The van der Waals surface area contributed by atoms with E-state index in [4.69, 9.17) is 14.2 Å². The zero-order chi connectivity index (χ0) is 26.4. The molecule has 2 aromatic rings. The van der Waals surface area contributed by atoms with E-state index in [2.05, 4.69) is 10.6 Å². The van der Waals surface area contributed by atoms with Crippen molar-refractivity contribution in [2.75, 3.05) is 13.2 Å². The molecule has 2 saturated heterocycles. The monoisotopic (exact) mass is 520 g/mol. The molecule has 0 amide bonds. The highest BCUT2D eigenvalue weighted by Crippen LogP contribution is 2.29.